The lowest BCUT2D eigenvalue weighted by molar-refractivity contribution is -0.140. The van der Waals surface area contributed by atoms with E-state index in [1.54, 1.807) is 30.0 Å². The van der Waals surface area contributed by atoms with Crippen LogP contribution in [-0.4, -0.2) is 50.0 Å². The number of benzene rings is 2. The molecule has 9 heteroatoms. The number of nitrogens with one attached hydrogen (secondary N) is 1. The highest BCUT2D eigenvalue weighted by atomic mass is 35.5. The molecular weight excluding hydrogens is 510 g/mol. The number of nitrogens with zero attached hydrogens (tertiary/aromatic N) is 2. The summed E-state index contributed by atoms with van der Waals surface area (Å²) in [4.78, 5) is 28.0. The van der Waals surface area contributed by atoms with Crippen LogP contribution in [0.25, 0.3) is 0 Å². The van der Waals surface area contributed by atoms with Crippen LogP contribution in [0, 0.1) is 0 Å². The van der Waals surface area contributed by atoms with Gasteiger partial charge in [-0.25, -0.2) is 8.42 Å². The van der Waals surface area contributed by atoms with Crippen LogP contribution in [0.2, 0.25) is 5.02 Å². The third kappa shape index (κ3) is 8.20. The second kappa shape index (κ2) is 13.3. The fourth-order valence-electron chi connectivity index (χ4n) is 4.69. The van der Waals surface area contributed by atoms with Crippen molar-refractivity contribution in [1.82, 2.24) is 10.2 Å². The molecule has 2 aromatic carbocycles. The third-order valence-electron chi connectivity index (χ3n) is 6.95. The van der Waals surface area contributed by atoms with Gasteiger partial charge in [-0.15, -0.1) is 0 Å². The molecule has 3 rings (SSSR count). The summed E-state index contributed by atoms with van der Waals surface area (Å²) in [6.07, 6.45) is 6.55. The van der Waals surface area contributed by atoms with Crippen LogP contribution in [0.15, 0.2) is 48.5 Å². The number of rotatable bonds is 12. The summed E-state index contributed by atoms with van der Waals surface area (Å²) in [5.74, 6) is -0.398. The Kier molecular flexibility index (Phi) is 10.4. The second-order valence-electron chi connectivity index (χ2n) is 9.74. The molecule has 2 amide bonds. The van der Waals surface area contributed by atoms with Gasteiger partial charge in [-0.3, -0.25) is 13.9 Å². The topological polar surface area (TPSA) is 86.8 Å². The largest absolute Gasteiger partial charge is 0.352 e. The minimum atomic E-state index is -3.53. The summed E-state index contributed by atoms with van der Waals surface area (Å²) < 4.78 is 26.3. The monoisotopic (exact) mass is 547 g/mol. The van der Waals surface area contributed by atoms with Gasteiger partial charge in [-0.2, -0.15) is 0 Å². The van der Waals surface area contributed by atoms with Gasteiger partial charge in [-0.1, -0.05) is 61.7 Å². The molecule has 2 aromatic rings. The van der Waals surface area contributed by atoms with Crippen LogP contribution < -0.4 is 9.62 Å². The Morgan fingerprint density at radius 2 is 1.73 bits per heavy atom. The molecule has 7 nitrogen and oxygen atoms in total. The molecule has 0 aromatic heterocycles. The zero-order chi connectivity index (χ0) is 27.0. The first-order valence-corrected chi connectivity index (χ1v) is 15.2. The lowest BCUT2D eigenvalue weighted by Gasteiger charge is -2.30. The molecule has 37 heavy (non-hydrogen) atoms. The molecule has 0 heterocycles. The fourth-order valence-corrected chi connectivity index (χ4v) is 5.85. The number of amides is 2. The van der Waals surface area contributed by atoms with Gasteiger partial charge < -0.3 is 10.2 Å². The highest BCUT2D eigenvalue weighted by Gasteiger charge is 2.29. The van der Waals surface area contributed by atoms with Gasteiger partial charge in [0.25, 0.3) is 0 Å². The molecular formula is C28H38ClN3O4S. The number of sulfonamides is 1. The quantitative estimate of drug-likeness (QED) is 0.408. The Balaban J connectivity index is 1.72. The lowest BCUT2D eigenvalue weighted by Crippen LogP contribution is -2.49. The Hall–Kier alpha value is -2.58. The fraction of sp³-hybridized carbons (Fsp3) is 0.500. The minimum Gasteiger partial charge on any atom is -0.352 e. The van der Waals surface area contributed by atoms with Gasteiger partial charge >= 0.3 is 0 Å². The van der Waals surface area contributed by atoms with Crippen molar-refractivity contribution in [3.05, 3.63) is 64.7 Å². The van der Waals surface area contributed by atoms with Crippen molar-refractivity contribution in [3.63, 3.8) is 0 Å². The van der Waals surface area contributed by atoms with E-state index in [-0.39, 0.29) is 37.4 Å². The van der Waals surface area contributed by atoms with E-state index in [2.05, 4.69) is 5.32 Å². The van der Waals surface area contributed by atoms with Gasteiger partial charge in [0.1, 0.15) is 6.04 Å². The first kappa shape index (κ1) is 29.0. The van der Waals surface area contributed by atoms with E-state index in [0.29, 0.717) is 17.1 Å². The molecule has 1 saturated carbocycles. The summed E-state index contributed by atoms with van der Waals surface area (Å²) in [5, 5.41) is 3.62. The molecule has 1 aliphatic carbocycles. The average molecular weight is 548 g/mol. The van der Waals surface area contributed by atoms with Crippen molar-refractivity contribution in [2.75, 3.05) is 17.1 Å². The molecule has 0 bridgehead atoms. The van der Waals surface area contributed by atoms with E-state index < -0.39 is 16.1 Å². The Labute approximate surface area is 226 Å². The van der Waals surface area contributed by atoms with E-state index in [1.165, 1.54) is 10.6 Å². The molecule has 1 unspecified atom stereocenters. The molecule has 1 atom stereocenters. The standard InChI is InChI=1S/C28H38ClN3O4S/c1-4-22-15-17-25(18-16-22)32(37(3,35)36)19-9-14-27(33)31(20-23-10-5-8-13-26(23)29)21(2)28(34)30-24-11-6-7-12-24/h5,8,10,13,15-18,21,24H,4,6-7,9,11-12,14,19-20H2,1-3H3,(H,30,34). The van der Waals surface area contributed by atoms with Gasteiger partial charge in [-0.05, 0) is 61.9 Å². The van der Waals surface area contributed by atoms with Crippen LogP contribution in [0.1, 0.15) is 63.5 Å². The van der Waals surface area contributed by atoms with Gasteiger partial charge in [0.2, 0.25) is 21.8 Å². The van der Waals surface area contributed by atoms with Gasteiger partial charge in [0.15, 0.2) is 0 Å². The number of hydrogen-bond acceptors (Lipinski definition) is 4. The summed E-state index contributed by atoms with van der Waals surface area (Å²) in [6.45, 7) is 4.14. The van der Waals surface area contributed by atoms with Crippen LogP contribution >= 0.6 is 11.6 Å². The molecule has 0 aliphatic heterocycles. The maximum Gasteiger partial charge on any atom is 0.242 e. The molecule has 1 N–H and O–H groups in total. The maximum atomic E-state index is 13.4. The normalized spacial score (nSPS) is 14.8. The number of aryl methyl sites for hydroxylation is 1. The van der Waals surface area contributed by atoms with E-state index >= 15 is 0 Å². The molecule has 202 valence electrons. The first-order valence-electron chi connectivity index (χ1n) is 13.0. The van der Waals surface area contributed by atoms with Crippen molar-refractivity contribution in [2.24, 2.45) is 0 Å². The van der Waals surface area contributed by atoms with Crippen LogP contribution in [0.3, 0.4) is 0 Å². The summed E-state index contributed by atoms with van der Waals surface area (Å²) in [7, 11) is -3.53. The zero-order valence-corrected chi connectivity index (χ0v) is 23.5. The Morgan fingerprint density at radius 3 is 2.32 bits per heavy atom. The van der Waals surface area contributed by atoms with Crippen molar-refractivity contribution >= 4 is 39.1 Å². The Morgan fingerprint density at radius 1 is 1.08 bits per heavy atom. The van der Waals surface area contributed by atoms with Crippen LogP contribution in [0.4, 0.5) is 5.69 Å². The molecule has 0 radical (unpaired) electrons. The first-order chi connectivity index (χ1) is 17.6. The summed E-state index contributed by atoms with van der Waals surface area (Å²) in [5.41, 5.74) is 2.45. The average Bonchev–Trinajstić information content (AvgIpc) is 3.38. The molecule has 1 aliphatic rings. The van der Waals surface area contributed by atoms with Gasteiger partial charge in [0.05, 0.1) is 11.9 Å². The Bertz CT molecular complexity index is 1160. The minimum absolute atomic E-state index is 0.102. The second-order valence-corrected chi connectivity index (χ2v) is 12.1. The predicted octanol–water partition coefficient (Wildman–Crippen LogP) is 4.92. The molecule has 0 saturated heterocycles. The van der Waals surface area contributed by atoms with Crippen molar-refractivity contribution < 1.29 is 18.0 Å². The third-order valence-corrected chi connectivity index (χ3v) is 8.51. The van der Waals surface area contributed by atoms with E-state index in [4.69, 9.17) is 11.6 Å². The number of carbonyl (C=O) groups is 2. The summed E-state index contributed by atoms with van der Waals surface area (Å²) >= 11 is 6.37. The molecule has 0 spiro atoms. The van der Waals surface area contributed by atoms with E-state index in [9.17, 15) is 18.0 Å². The van der Waals surface area contributed by atoms with Crippen LogP contribution in [0.5, 0.6) is 0 Å². The van der Waals surface area contributed by atoms with Crippen LogP contribution in [-0.2, 0) is 32.6 Å². The predicted molar refractivity (Wildman–Crippen MR) is 149 cm³/mol. The SMILES string of the molecule is CCc1ccc(N(CCCC(=O)N(Cc2ccccc2Cl)C(C)C(=O)NC2CCCC2)S(C)(=O)=O)cc1. The zero-order valence-electron chi connectivity index (χ0n) is 22.0. The smallest absolute Gasteiger partial charge is 0.242 e. The number of anilines is 1. The highest BCUT2D eigenvalue weighted by Crippen LogP contribution is 2.23. The van der Waals surface area contributed by atoms with Gasteiger partial charge in [0, 0.05) is 30.6 Å². The van der Waals surface area contributed by atoms with Crippen molar-refractivity contribution in [1.29, 1.82) is 0 Å². The van der Waals surface area contributed by atoms with Crippen molar-refractivity contribution in [3.8, 4) is 0 Å². The summed E-state index contributed by atoms with van der Waals surface area (Å²) in [6, 6.07) is 14.1. The lowest BCUT2D eigenvalue weighted by atomic mass is 10.1. The number of hydrogen-bond donors (Lipinski definition) is 1. The van der Waals surface area contributed by atoms with E-state index in [1.807, 2.05) is 37.3 Å². The number of carbonyl (C=O) groups excluding carboxylic acids is 2. The molecule has 1 fully saturated rings. The van der Waals surface area contributed by atoms with Crippen molar-refractivity contribution in [2.45, 2.75) is 77.4 Å². The number of halogens is 1. The highest BCUT2D eigenvalue weighted by molar-refractivity contribution is 7.92. The maximum absolute atomic E-state index is 13.4. The van der Waals surface area contributed by atoms with E-state index in [0.717, 1.165) is 43.2 Å².